The van der Waals surface area contributed by atoms with Gasteiger partial charge in [-0.2, -0.15) is 0 Å². The van der Waals surface area contributed by atoms with Gasteiger partial charge in [0.2, 0.25) is 0 Å². The van der Waals surface area contributed by atoms with Crippen molar-refractivity contribution in [3.8, 4) is 0 Å². The molecule has 1 aromatic carbocycles. The molecule has 0 spiro atoms. The molecular weight excluding hydrogens is 414 g/mol. The summed E-state index contributed by atoms with van der Waals surface area (Å²) in [5, 5.41) is 12.8. The summed E-state index contributed by atoms with van der Waals surface area (Å²) in [4.78, 5) is 46.7. The van der Waals surface area contributed by atoms with E-state index < -0.39 is 54.6 Å². The fourth-order valence-corrected chi connectivity index (χ4v) is 2.97. The second-order valence-electron chi connectivity index (χ2n) is 6.75. The maximum Gasteiger partial charge on any atom is 0.407 e. The smallest absolute Gasteiger partial charge is 0.407 e. The van der Waals surface area contributed by atoms with Crippen LogP contribution < -0.4 is 5.32 Å². The molecule has 5 atom stereocenters. The molecule has 31 heavy (non-hydrogen) atoms. The number of esters is 3. The number of alkyl carbamates (subject to hydrolysis) is 1. The Morgan fingerprint density at radius 1 is 0.935 bits per heavy atom. The molecule has 170 valence electrons. The lowest BCUT2D eigenvalue weighted by Gasteiger charge is -2.43. The predicted molar refractivity (Wildman–Crippen MR) is 102 cm³/mol. The average molecular weight is 439 g/mol. The molecule has 11 heteroatoms. The molecule has 0 radical (unpaired) electrons. The number of aliphatic hydroxyl groups is 1. The fourth-order valence-electron chi connectivity index (χ4n) is 2.97. The Kier molecular flexibility index (Phi) is 8.76. The number of hydrogen-bond donors (Lipinski definition) is 2. The van der Waals surface area contributed by atoms with E-state index in [2.05, 4.69) is 5.32 Å². The lowest BCUT2D eigenvalue weighted by molar-refractivity contribution is -0.264. The van der Waals surface area contributed by atoms with Crippen molar-refractivity contribution in [1.82, 2.24) is 5.32 Å². The van der Waals surface area contributed by atoms with Gasteiger partial charge in [0.1, 0.15) is 25.4 Å². The molecule has 3 unspecified atom stereocenters. The van der Waals surface area contributed by atoms with Crippen molar-refractivity contribution in [2.75, 3.05) is 6.61 Å². The van der Waals surface area contributed by atoms with Crippen LogP contribution in [0.1, 0.15) is 26.3 Å². The summed E-state index contributed by atoms with van der Waals surface area (Å²) >= 11 is 0. The van der Waals surface area contributed by atoms with E-state index in [1.807, 2.05) is 6.07 Å². The van der Waals surface area contributed by atoms with Gasteiger partial charge in [0.15, 0.2) is 18.5 Å². The maximum atomic E-state index is 12.3. The van der Waals surface area contributed by atoms with Crippen molar-refractivity contribution in [1.29, 1.82) is 0 Å². The first kappa shape index (κ1) is 24.1. The van der Waals surface area contributed by atoms with Crippen molar-refractivity contribution in [2.24, 2.45) is 0 Å². The molecule has 1 aromatic rings. The standard InChI is InChI=1S/C20H25NO10/c1-11(22)27-10-15-17(29-12(2)23)18(30-13(3)24)16(19(25)31-15)21-20(26)28-9-14-7-5-4-6-8-14/h4-8,15-19,25H,9-10H2,1-3H3,(H,21,26)/t15?,16?,17-,18?,19-/m1/s1. The average Bonchev–Trinajstić information content (AvgIpc) is 2.70. The Hall–Kier alpha value is -3.18. The summed E-state index contributed by atoms with van der Waals surface area (Å²) in [5.41, 5.74) is 0.730. The summed E-state index contributed by atoms with van der Waals surface area (Å²) in [6.07, 6.45) is -6.36. The highest BCUT2D eigenvalue weighted by Crippen LogP contribution is 2.26. The van der Waals surface area contributed by atoms with Crippen molar-refractivity contribution >= 4 is 24.0 Å². The molecule has 1 amide bonds. The minimum absolute atomic E-state index is 0.0446. The van der Waals surface area contributed by atoms with Crippen LogP contribution in [0.25, 0.3) is 0 Å². The van der Waals surface area contributed by atoms with Crippen molar-refractivity contribution < 1.29 is 48.0 Å². The van der Waals surface area contributed by atoms with Gasteiger partial charge in [0.05, 0.1) is 0 Å². The minimum Gasteiger partial charge on any atom is -0.463 e. The first-order chi connectivity index (χ1) is 14.7. The first-order valence-corrected chi connectivity index (χ1v) is 9.46. The molecule has 0 bridgehead atoms. The van der Waals surface area contributed by atoms with Gasteiger partial charge >= 0.3 is 24.0 Å². The molecule has 0 saturated carbocycles. The molecular formula is C20H25NO10. The van der Waals surface area contributed by atoms with Crippen LogP contribution in [-0.4, -0.2) is 66.4 Å². The Morgan fingerprint density at radius 3 is 2.13 bits per heavy atom. The van der Waals surface area contributed by atoms with Gasteiger partial charge in [-0.25, -0.2) is 4.79 Å². The maximum absolute atomic E-state index is 12.3. The minimum atomic E-state index is -1.68. The zero-order valence-corrected chi connectivity index (χ0v) is 17.3. The van der Waals surface area contributed by atoms with Crippen molar-refractivity contribution in [3.63, 3.8) is 0 Å². The van der Waals surface area contributed by atoms with Crippen LogP contribution in [0.4, 0.5) is 4.79 Å². The van der Waals surface area contributed by atoms with Crippen LogP contribution in [0.15, 0.2) is 30.3 Å². The van der Waals surface area contributed by atoms with Gasteiger partial charge in [-0.1, -0.05) is 30.3 Å². The number of benzene rings is 1. The van der Waals surface area contributed by atoms with Gasteiger partial charge < -0.3 is 34.1 Å². The molecule has 1 heterocycles. The molecule has 1 aliphatic heterocycles. The monoisotopic (exact) mass is 439 g/mol. The fraction of sp³-hybridized carbons (Fsp3) is 0.500. The second kappa shape index (κ2) is 11.3. The highest BCUT2D eigenvalue weighted by atomic mass is 16.7. The summed E-state index contributed by atoms with van der Waals surface area (Å²) in [6.45, 7) is 2.97. The highest BCUT2D eigenvalue weighted by molar-refractivity contribution is 5.69. The third-order valence-corrected chi connectivity index (χ3v) is 4.22. The molecule has 1 aliphatic rings. The van der Waals surface area contributed by atoms with E-state index >= 15 is 0 Å². The van der Waals surface area contributed by atoms with Gasteiger partial charge in [0, 0.05) is 20.8 Å². The van der Waals surface area contributed by atoms with E-state index in [0.29, 0.717) is 0 Å². The molecule has 11 nitrogen and oxygen atoms in total. The van der Waals surface area contributed by atoms with Crippen LogP contribution in [0, 0.1) is 0 Å². The van der Waals surface area contributed by atoms with Crippen LogP contribution in [-0.2, 0) is 44.7 Å². The Bertz CT molecular complexity index is 783. The quantitative estimate of drug-likeness (QED) is 0.453. The van der Waals surface area contributed by atoms with E-state index in [0.717, 1.165) is 26.3 Å². The molecule has 1 saturated heterocycles. The van der Waals surface area contributed by atoms with Crippen LogP contribution in [0.5, 0.6) is 0 Å². The topological polar surface area (TPSA) is 147 Å². The van der Waals surface area contributed by atoms with Gasteiger partial charge in [0.25, 0.3) is 0 Å². The van der Waals surface area contributed by atoms with Crippen molar-refractivity contribution in [2.45, 2.75) is 58.0 Å². The summed E-state index contributed by atoms with van der Waals surface area (Å²) in [6, 6.07) is 7.54. The normalized spacial score (nSPS) is 25.1. The number of amides is 1. The Balaban J connectivity index is 2.16. The van der Waals surface area contributed by atoms with Crippen LogP contribution in [0.2, 0.25) is 0 Å². The predicted octanol–water partition coefficient (Wildman–Crippen LogP) is 0.425. The van der Waals surface area contributed by atoms with Crippen molar-refractivity contribution in [3.05, 3.63) is 35.9 Å². The largest absolute Gasteiger partial charge is 0.463 e. The third-order valence-electron chi connectivity index (χ3n) is 4.22. The molecule has 2 N–H and O–H groups in total. The Labute approximate surface area is 178 Å². The number of hydrogen-bond acceptors (Lipinski definition) is 10. The molecule has 0 aliphatic carbocycles. The van der Waals surface area contributed by atoms with E-state index in [4.69, 9.17) is 23.7 Å². The van der Waals surface area contributed by atoms with Gasteiger partial charge in [-0.3, -0.25) is 14.4 Å². The van der Waals surface area contributed by atoms with Crippen LogP contribution >= 0.6 is 0 Å². The second-order valence-corrected chi connectivity index (χ2v) is 6.75. The number of carbonyl (C=O) groups is 4. The lowest BCUT2D eigenvalue weighted by atomic mass is 9.96. The zero-order valence-electron chi connectivity index (χ0n) is 17.3. The SMILES string of the molecule is CC(=O)OCC1O[C@@H](O)C(NC(=O)OCc2ccccc2)C(OC(C)=O)[C@@H]1OC(C)=O. The number of ether oxygens (including phenoxy) is 5. The summed E-state index contributed by atoms with van der Waals surface area (Å²) < 4.78 is 25.8. The number of aliphatic hydroxyl groups excluding tert-OH is 1. The lowest BCUT2D eigenvalue weighted by Crippen LogP contribution is -2.66. The van der Waals surface area contributed by atoms with E-state index in [1.54, 1.807) is 24.3 Å². The van der Waals surface area contributed by atoms with E-state index in [9.17, 15) is 24.3 Å². The number of nitrogens with one attached hydrogen (secondary N) is 1. The Morgan fingerprint density at radius 2 is 1.55 bits per heavy atom. The number of carbonyl (C=O) groups excluding carboxylic acids is 4. The summed E-state index contributed by atoms with van der Waals surface area (Å²) in [5.74, 6) is -2.12. The summed E-state index contributed by atoms with van der Waals surface area (Å²) in [7, 11) is 0. The van der Waals surface area contributed by atoms with Gasteiger partial charge in [-0.15, -0.1) is 0 Å². The third kappa shape index (κ3) is 7.54. The highest BCUT2D eigenvalue weighted by Gasteiger charge is 2.50. The zero-order chi connectivity index (χ0) is 23.0. The molecule has 1 fully saturated rings. The van der Waals surface area contributed by atoms with E-state index in [-0.39, 0.29) is 13.2 Å². The van der Waals surface area contributed by atoms with Gasteiger partial charge in [-0.05, 0) is 5.56 Å². The van der Waals surface area contributed by atoms with Crippen LogP contribution in [0.3, 0.4) is 0 Å². The molecule has 0 aromatic heterocycles. The first-order valence-electron chi connectivity index (χ1n) is 9.46. The molecule has 2 rings (SSSR count). The number of rotatable bonds is 7. The van der Waals surface area contributed by atoms with E-state index in [1.165, 1.54) is 0 Å².